The van der Waals surface area contributed by atoms with Gasteiger partial charge < -0.3 is 16.0 Å². The first-order valence-electron chi connectivity index (χ1n) is 7.33. The third-order valence-electron chi connectivity index (χ3n) is 3.13. The van der Waals surface area contributed by atoms with Gasteiger partial charge in [-0.25, -0.2) is 9.78 Å². The van der Waals surface area contributed by atoms with Gasteiger partial charge in [-0.2, -0.15) is 16.6 Å². The lowest BCUT2D eigenvalue weighted by Crippen LogP contribution is -2.43. The Morgan fingerprint density at radius 3 is 3.04 bits per heavy atom. The standard InChI is InChI=1S/C16H19N5OS/c1-12(9-13-4-8-23-11-13)21-16(22)20-7-6-19-15-14(10-17)3-2-5-18-15/h2-5,8,11-12H,6-7,9H2,1H3,(H,18,19)(H2,20,21,22)/t12-/m1/s1. The summed E-state index contributed by atoms with van der Waals surface area (Å²) in [4.78, 5) is 15.9. The molecule has 0 aliphatic carbocycles. The third-order valence-corrected chi connectivity index (χ3v) is 3.86. The van der Waals surface area contributed by atoms with Crippen molar-refractivity contribution in [1.29, 1.82) is 5.26 Å². The number of carbonyl (C=O) groups excluding carboxylic acids is 1. The van der Waals surface area contributed by atoms with Crippen LogP contribution in [0.2, 0.25) is 0 Å². The summed E-state index contributed by atoms with van der Waals surface area (Å²) in [6.07, 6.45) is 2.43. The molecular weight excluding hydrogens is 310 g/mol. The van der Waals surface area contributed by atoms with E-state index in [0.29, 0.717) is 24.5 Å². The molecule has 2 heterocycles. The van der Waals surface area contributed by atoms with Crippen LogP contribution < -0.4 is 16.0 Å². The number of pyridine rings is 1. The Kier molecular flexibility index (Phi) is 6.39. The van der Waals surface area contributed by atoms with E-state index in [1.165, 1.54) is 5.56 Å². The first kappa shape index (κ1) is 16.8. The normalized spacial score (nSPS) is 11.3. The largest absolute Gasteiger partial charge is 0.367 e. The molecule has 0 spiro atoms. The van der Waals surface area contributed by atoms with Crippen molar-refractivity contribution in [2.45, 2.75) is 19.4 Å². The Hall–Kier alpha value is -2.59. The number of anilines is 1. The van der Waals surface area contributed by atoms with Crippen LogP contribution in [0.3, 0.4) is 0 Å². The van der Waals surface area contributed by atoms with Crippen molar-refractivity contribution >= 4 is 23.2 Å². The molecule has 0 saturated heterocycles. The summed E-state index contributed by atoms with van der Waals surface area (Å²) in [5.41, 5.74) is 1.71. The lowest BCUT2D eigenvalue weighted by Gasteiger charge is -2.14. The van der Waals surface area contributed by atoms with E-state index >= 15 is 0 Å². The van der Waals surface area contributed by atoms with E-state index in [2.05, 4.69) is 38.4 Å². The monoisotopic (exact) mass is 329 g/mol. The Balaban J connectivity index is 1.66. The molecule has 1 atom stereocenters. The Labute approximate surface area is 139 Å². The predicted molar refractivity (Wildman–Crippen MR) is 91.5 cm³/mol. The van der Waals surface area contributed by atoms with Gasteiger partial charge >= 0.3 is 6.03 Å². The lowest BCUT2D eigenvalue weighted by atomic mass is 10.1. The highest BCUT2D eigenvalue weighted by Gasteiger charge is 2.08. The molecule has 0 aliphatic heterocycles. The van der Waals surface area contributed by atoms with Crippen molar-refractivity contribution in [3.8, 4) is 6.07 Å². The van der Waals surface area contributed by atoms with Crippen LogP contribution in [-0.4, -0.2) is 30.1 Å². The van der Waals surface area contributed by atoms with Crippen molar-refractivity contribution < 1.29 is 4.79 Å². The minimum absolute atomic E-state index is 0.0681. The Bertz CT molecular complexity index is 665. The second-order valence-corrected chi connectivity index (χ2v) is 5.86. The van der Waals surface area contributed by atoms with Gasteiger partial charge in [0.15, 0.2) is 0 Å². The minimum Gasteiger partial charge on any atom is -0.367 e. The highest BCUT2D eigenvalue weighted by atomic mass is 32.1. The maximum Gasteiger partial charge on any atom is 0.315 e. The van der Waals surface area contributed by atoms with Crippen LogP contribution in [0.4, 0.5) is 10.6 Å². The Morgan fingerprint density at radius 2 is 2.30 bits per heavy atom. The van der Waals surface area contributed by atoms with Crippen LogP contribution in [0.5, 0.6) is 0 Å². The highest BCUT2D eigenvalue weighted by molar-refractivity contribution is 7.07. The fourth-order valence-corrected chi connectivity index (χ4v) is 2.76. The summed E-state index contributed by atoms with van der Waals surface area (Å²) in [5, 5.41) is 21.8. The molecular formula is C16H19N5OS. The molecule has 7 heteroatoms. The first-order chi connectivity index (χ1) is 11.2. The van der Waals surface area contributed by atoms with Crippen LogP contribution in [0.1, 0.15) is 18.1 Å². The summed E-state index contributed by atoms with van der Waals surface area (Å²) >= 11 is 1.65. The van der Waals surface area contributed by atoms with Gasteiger partial charge in [-0.05, 0) is 47.9 Å². The van der Waals surface area contributed by atoms with Crippen molar-refractivity contribution in [1.82, 2.24) is 15.6 Å². The molecule has 0 saturated carbocycles. The van der Waals surface area contributed by atoms with Gasteiger partial charge in [0.25, 0.3) is 0 Å². The molecule has 0 bridgehead atoms. The molecule has 23 heavy (non-hydrogen) atoms. The maximum absolute atomic E-state index is 11.8. The van der Waals surface area contributed by atoms with Crippen molar-refractivity contribution in [2.75, 3.05) is 18.4 Å². The van der Waals surface area contributed by atoms with Crippen molar-refractivity contribution in [3.63, 3.8) is 0 Å². The maximum atomic E-state index is 11.8. The van der Waals surface area contributed by atoms with Gasteiger partial charge in [0.05, 0.1) is 5.56 Å². The van der Waals surface area contributed by atoms with Gasteiger partial charge in [0.1, 0.15) is 11.9 Å². The number of nitrogens with one attached hydrogen (secondary N) is 3. The van der Waals surface area contributed by atoms with E-state index in [1.54, 1.807) is 29.7 Å². The zero-order valence-electron chi connectivity index (χ0n) is 12.9. The molecule has 2 aromatic rings. The number of hydrogen-bond donors (Lipinski definition) is 3. The molecule has 0 radical (unpaired) electrons. The molecule has 6 nitrogen and oxygen atoms in total. The van der Waals surface area contributed by atoms with Gasteiger partial charge in [-0.15, -0.1) is 0 Å². The zero-order chi connectivity index (χ0) is 16.5. The number of thiophene rings is 1. The van der Waals surface area contributed by atoms with Crippen LogP contribution in [0.25, 0.3) is 0 Å². The molecule has 120 valence electrons. The molecule has 0 fully saturated rings. The van der Waals surface area contributed by atoms with Gasteiger partial charge in [0.2, 0.25) is 0 Å². The zero-order valence-corrected chi connectivity index (χ0v) is 13.7. The molecule has 2 amide bonds. The molecule has 0 unspecified atom stereocenters. The van der Waals surface area contributed by atoms with E-state index in [9.17, 15) is 4.79 Å². The number of hydrogen-bond acceptors (Lipinski definition) is 5. The summed E-state index contributed by atoms with van der Waals surface area (Å²) in [7, 11) is 0. The molecule has 3 N–H and O–H groups in total. The second-order valence-electron chi connectivity index (χ2n) is 5.08. The first-order valence-corrected chi connectivity index (χ1v) is 8.27. The van der Waals surface area contributed by atoms with Crippen LogP contribution in [0, 0.1) is 11.3 Å². The summed E-state index contributed by atoms with van der Waals surface area (Å²) in [6.45, 7) is 2.92. The number of carbonyl (C=O) groups is 1. The quantitative estimate of drug-likeness (QED) is 0.680. The predicted octanol–water partition coefficient (Wildman–Crippen LogP) is 2.36. The van der Waals surface area contributed by atoms with Crippen LogP contribution >= 0.6 is 11.3 Å². The molecule has 0 aromatic carbocycles. The van der Waals surface area contributed by atoms with E-state index in [-0.39, 0.29) is 12.1 Å². The summed E-state index contributed by atoms with van der Waals surface area (Å²) in [5.74, 6) is 0.531. The fourth-order valence-electron chi connectivity index (χ4n) is 2.08. The average Bonchev–Trinajstić information content (AvgIpc) is 3.04. The summed E-state index contributed by atoms with van der Waals surface area (Å²) < 4.78 is 0. The van der Waals surface area contributed by atoms with E-state index in [4.69, 9.17) is 5.26 Å². The van der Waals surface area contributed by atoms with Gasteiger partial charge in [-0.1, -0.05) is 0 Å². The third kappa shape index (κ3) is 5.60. The number of urea groups is 1. The lowest BCUT2D eigenvalue weighted by molar-refractivity contribution is 0.238. The SMILES string of the molecule is C[C@H](Cc1ccsc1)NC(=O)NCCNc1ncccc1C#N. The highest BCUT2D eigenvalue weighted by Crippen LogP contribution is 2.09. The average molecular weight is 329 g/mol. The number of amides is 2. The Morgan fingerprint density at radius 1 is 1.43 bits per heavy atom. The van der Waals surface area contributed by atoms with Crippen LogP contribution in [0.15, 0.2) is 35.2 Å². The fraction of sp³-hybridized carbons (Fsp3) is 0.312. The van der Waals surface area contributed by atoms with E-state index in [0.717, 1.165) is 6.42 Å². The second kappa shape index (κ2) is 8.76. The molecule has 0 aliphatic rings. The number of nitriles is 1. The summed E-state index contributed by atoms with van der Waals surface area (Å²) in [6, 6.07) is 7.41. The van der Waals surface area contributed by atoms with Gasteiger partial charge in [0, 0.05) is 25.3 Å². The van der Waals surface area contributed by atoms with E-state index in [1.807, 2.05) is 12.3 Å². The molecule has 2 rings (SSSR count). The topological polar surface area (TPSA) is 89.8 Å². The smallest absolute Gasteiger partial charge is 0.315 e. The number of rotatable bonds is 7. The van der Waals surface area contributed by atoms with Crippen molar-refractivity contribution in [3.05, 3.63) is 46.3 Å². The van der Waals surface area contributed by atoms with E-state index < -0.39 is 0 Å². The number of nitrogens with zero attached hydrogens (tertiary/aromatic N) is 2. The molecule has 2 aromatic heterocycles. The van der Waals surface area contributed by atoms with Crippen LogP contribution in [-0.2, 0) is 6.42 Å². The number of aromatic nitrogens is 1. The minimum atomic E-state index is -0.198. The van der Waals surface area contributed by atoms with Gasteiger partial charge in [-0.3, -0.25) is 0 Å². The van der Waals surface area contributed by atoms with Crippen molar-refractivity contribution in [2.24, 2.45) is 0 Å².